The number of hydrogen-bond acceptors (Lipinski definition) is 5. The molecule has 0 saturated heterocycles. The normalized spacial score (nSPS) is 12.8. The summed E-state index contributed by atoms with van der Waals surface area (Å²) in [7, 11) is 0. The third-order valence-corrected chi connectivity index (χ3v) is 5.47. The molecule has 1 aliphatic carbocycles. The van der Waals surface area contributed by atoms with Gasteiger partial charge in [0.25, 0.3) is 11.8 Å². The Balaban J connectivity index is 1.56. The van der Waals surface area contributed by atoms with Crippen molar-refractivity contribution in [1.29, 1.82) is 0 Å². The minimum Gasteiger partial charge on any atom is -0.452 e. The van der Waals surface area contributed by atoms with Crippen molar-refractivity contribution in [3.05, 3.63) is 56.9 Å². The summed E-state index contributed by atoms with van der Waals surface area (Å²) in [5.74, 6) is -1.75. The van der Waals surface area contributed by atoms with E-state index in [0.717, 1.165) is 35.3 Å². The van der Waals surface area contributed by atoms with Crippen LogP contribution in [0.5, 0.6) is 0 Å². The Labute approximate surface area is 165 Å². The van der Waals surface area contributed by atoms with Crippen molar-refractivity contribution in [2.24, 2.45) is 5.73 Å². The summed E-state index contributed by atoms with van der Waals surface area (Å²) in [4.78, 5) is 36.6. The zero-order valence-electron chi connectivity index (χ0n) is 14.3. The van der Waals surface area contributed by atoms with E-state index in [1.165, 1.54) is 17.4 Å². The van der Waals surface area contributed by atoms with E-state index in [9.17, 15) is 14.4 Å². The van der Waals surface area contributed by atoms with Crippen molar-refractivity contribution in [1.82, 2.24) is 0 Å². The lowest BCUT2D eigenvalue weighted by Crippen LogP contribution is -2.22. The summed E-state index contributed by atoms with van der Waals surface area (Å²) in [5.41, 5.74) is 7.48. The molecule has 2 aromatic rings. The van der Waals surface area contributed by atoms with Crippen LogP contribution in [-0.4, -0.2) is 24.4 Å². The lowest BCUT2D eigenvalue weighted by atomic mass is 10.1. The number of nitrogens with one attached hydrogen (secondary N) is 1. The zero-order valence-corrected chi connectivity index (χ0v) is 15.9. The van der Waals surface area contributed by atoms with Gasteiger partial charge in [-0.2, -0.15) is 0 Å². The molecule has 0 fully saturated rings. The number of ether oxygens (including phenoxy) is 1. The number of amides is 2. The number of aryl methyl sites for hydroxylation is 1. The second kappa shape index (κ2) is 8.37. The van der Waals surface area contributed by atoms with Gasteiger partial charge in [0.15, 0.2) is 6.61 Å². The Morgan fingerprint density at radius 1 is 1.30 bits per heavy atom. The number of anilines is 1. The van der Waals surface area contributed by atoms with E-state index in [1.807, 2.05) is 0 Å². The molecule has 8 heteroatoms. The lowest BCUT2D eigenvalue weighted by molar-refractivity contribution is -0.142. The summed E-state index contributed by atoms with van der Waals surface area (Å²) in [6, 6.07) is 6.96. The molecular formula is C19H17ClN2O4S. The minimum atomic E-state index is -0.658. The Morgan fingerprint density at radius 3 is 2.85 bits per heavy atom. The van der Waals surface area contributed by atoms with E-state index >= 15 is 0 Å². The smallest absolute Gasteiger partial charge is 0.331 e. The first-order valence-corrected chi connectivity index (χ1v) is 9.48. The first-order chi connectivity index (χ1) is 12.9. The number of halogens is 1. The van der Waals surface area contributed by atoms with Gasteiger partial charge in [0.05, 0.1) is 5.56 Å². The third kappa shape index (κ3) is 4.75. The lowest BCUT2D eigenvalue weighted by Gasteiger charge is -2.06. The number of hydrogen-bond donors (Lipinski definition) is 2. The SMILES string of the molecule is NC(=O)c1c(NC(=O)COC(=O)C=Cc2cccc(Cl)c2)sc2c1CCC2. The molecule has 2 amide bonds. The number of nitrogens with two attached hydrogens (primary N) is 1. The molecule has 0 spiro atoms. The molecule has 0 bridgehead atoms. The van der Waals surface area contributed by atoms with Gasteiger partial charge in [-0.25, -0.2) is 4.79 Å². The van der Waals surface area contributed by atoms with Gasteiger partial charge in [0.2, 0.25) is 0 Å². The average molecular weight is 405 g/mol. The van der Waals surface area contributed by atoms with Crippen LogP contribution in [0.1, 0.15) is 32.8 Å². The highest BCUT2D eigenvalue weighted by Crippen LogP contribution is 2.38. The molecule has 27 heavy (non-hydrogen) atoms. The van der Waals surface area contributed by atoms with Gasteiger partial charge >= 0.3 is 5.97 Å². The van der Waals surface area contributed by atoms with Gasteiger partial charge in [-0.1, -0.05) is 23.7 Å². The van der Waals surface area contributed by atoms with Crippen molar-refractivity contribution in [2.45, 2.75) is 19.3 Å². The minimum absolute atomic E-state index is 0.369. The Hall–Kier alpha value is -2.64. The number of fused-ring (bicyclic) bond motifs is 1. The molecule has 0 unspecified atom stereocenters. The molecule has 3 rings (SSSR count). The van der Waals surface area contributed by atoms with Crippen LogP contribution < -0.4 is 11.1 Å². The Kier molecular flexibility index (Phi) is 5.93. The summed E-state index contributed by atoms with van der Waals surface area (Å²) >= 11 is 7.22. The van der Waals surface area contributed by atoms with Crippen LogP contribution in [0.2, 0.25) is 5.02 Å². The summed E-state index contributed by atoms with van der Waals surface area (Å²) in [6.45, 7) is -0.459. The fraction of sp³-hybridized carbons (Fsp3) is 0.211. The van der Waals surface area contributed by atoms with Gasteiger partial charge in [0, 0.05) is 16.0 Å². The predicted octanol–water partition coefficient (Wildman–Crippen LogP) is 3.18. The van der Waals surface area contributed by atoms with E-state index < -0.39 is 24.4 Å². The number of benzene rings is 1. The van der Waals surface area contributed by atoms with E-state index in [-0.39, 0.29) is 0 Å². The number of esters is 1. The van der Waals surface area contributed by atoms with Crippen molar-refractivity contribution >= 4 is 51.8 Å². The van der Waals surface area contributed by atoms with Gasteiger partial charge < -0.3 is 15.8 Å². The Morgan fingerprint density at radius 2 is 2.11 bits per heavy atom. The van der Waals surface area contributed by atoms with E-state index in [4.69, 9.17) is 22.1 Å². The molecule has 0 radical (unpaired) electrons. The molecule has 1 heterocycles. The van der Waals surface area contributed by atoms with E-state index in [1.54, 1.807) is 30.3 Å². The van der Waals surface area contributed by atoms with E-state index in [2.05, 4.69) is 5.32 Å². The van der Waals surface area contributed by atoms with E-state index in [0.29, 0.717) is 15.6 Å². The second-order valence-corrected chi connectivity index (χ2v) is 7.51. The van der Waals surface area contributed by atoms with Crippen LogP contribution in [0, 0.1) is 0 Å². The molecule has 1 aliphatic rings. The fourth-order valence-electron chi connectivity index (χ4n) is 2.88. The summed E-state index contributed by atoms with van der Waals surface area (Å²) in [6.07, 6.45) is 5.39. The second-order valence-electron chi connectivity index (χ2n) is 5.97. The van der Waals surface area contributed by atoms with Gasteiger partial charge in [-0.3, -0.25) is 9.59 Å². The number of primary amides is 1. The average Bonchev–Trinajstić information content (AvgIpc) is 3.18. The van der Waals surface area contributed by atoms with Crippen LogP contribution in [0.15, 0.2) is 30.3 Å². The third-order valence-electron chi connectivity index (χ3n) is 4.03. The quantitative estimate of drug-likeness (QED) is 0.570. The van der Waals surface area contributed by atoms with Crippen LogP contribution in [0.25, 0.3) is 6.08 Å². The standard InChI is InChI=1S/C19H17ClN2O4S/c20-12-4-1-3-11(9-12)7-8-16(24)26-10-15(23)22-19-17(18(21)25)13-5-2-6-14(13)27-19/h1,3-4,7-9H,2,5-6,10H2,(H2,21,25)(H,22,23). The number of rotatable bonds is 6. The summed E-state index contributed by atoms with van der Waals surface area (Å²) < 4.78 is 4.92. The zero-order chi connectivity index (χ0) is 19.4. The molecule has 0 aliphatic heterocycles. The molecule has 1 aromatic carbocycles. The molecule has 3 N–H and O–H groups in total. The summed E-state index contributed by atoms with van der Waals surface area (Å²) in [5, 5.41) is 3.59. The Bertz CT molecular complexity index is 936. The molecule has 6 nitrogen and oxygen atoms in total. The first-order valence-electron chi connectivity index (χ1n) is 8.28. The maximum Gasteiger partial charge on any atom is 0.331 e. The number of carbonyl (C=O) groups excluding carboxylic acids is 3. The first kappa shape index (κ1) is 19.1. The molecule has 140 valence electrons. The van der Waals surface area contributed by atoms with Crippen LogP contribution in [-0.2, 0) is 27.2 Å². The predicted molar refractivity (Wildman–Crippen MR) is 105 cm³/mol. The molecule has 1 aromatic heterocycles. The van der Waals surface area contributed by atoms with Gasteiger partial charge in [-0.15, -0.1) is 11.3 Å². The van der Waals surface area contributed by atoms with Gasteiger partial charge in [-0.05, 0) is 48.6 Å². The van der Waals surface area contributed by atoms with Crippen LogP contribution in [0.3, 0.4) is 0 Å². The highest BCUT2D eigenvalue weighted by Gasteiger charge is 2.26. The molecular weight excluding hydrogens is 388 g/mol. The maximum absolute atomic E-state index is 12.1. The molecule has 0 saturated carbocycles. The maximum atomic E-state index is 12.1. The number of carbonyl (C=O) groups is 3. The fourth-order valence-corrected chi connectivity index (χ4v) is 4.38. The van der Waals surface area contributed by atoms with Crippen molar-refractivity contribution < 1.29 is 19.1 Å². The van der Waals surface area contributed by atoms with Crippen molar-refractivity contribution in [2.75, 3.05) is 11.9 Å². The highest BCUT2D eigenvalue weighted by atomic mass is 35.5. The molecule has 0 atom stereocenters. The monoisotopic (exact) mass is 404 g/mol. The van der Waals surface area contributed by atoms with Crippen LogP contribution in [0.4, 0.5) is 5.00 Å². The van der Waals surface area contributed by atoms with Crippen molar-refractivity contribution in [3.8, 4) is 0 Å². The largest absolute Gasteiger partial charge is 0.452 e. The van der Waals surface area contributed by atoms with Crippen molar-refractivity contribution in [3.63, 3.8) is 0 Å². The number of thiophene rings is 1. The van der Waals surface area contributed by atoms with Crippen LogP contribution >= 0.6 is 22.9 Å². The van der Waals surface area contributed by atoms with Gasteiger partial charge in [0.1, 0.15) is 5.00 Å². The highest BCUT2D eigenvalue weighted by molar-refractivity contribution is 7.17. The topological polar surface area (TPSA) is 98.5 Å².